The lowest BCUT2D eigenvalue weighted by Crippen LogP contribution is -2.36. The van der Waals surface area contributed by atoms with E-state index in [9.17, 15) is 10.1 Å². The number of hydrogen-bond donors (Lipinski definition) is 0. The highest BCUT2D eigenvalue weighted by Crippen LogP contribution is 2.23. The Morgan fingerprint density at radius 3 is 2.64 bits per heavy atom. The van der Waals surface area contributed by atoms with E-state index in [1.165, 1.54) is 12.0 Å². The van der Waals surface area contributed by atoms with Crippen LogP contribution in [0.3, 0.4) is 0 Å². The Balaban J connectivity index is 1.64. The standard InChI is InChI=1S/C18H25N5O2/c1-13-7-16(8-14(2)19-13)9-15-5-4-6-22(11-15)12-17-10-18(23(24)25)20-21(17)3/h7-8,10,15H,4-6,9,11-12H2,1-3H3/t15-/m1/s1. The van der Waals surface area contributed by atoms with Gasteiger partial charge in [-0.2, -0.15) is 4.68 Å². The fraction of sp³-hybridized carbons (Fsp3) is 0.556. The minimum absolute atomic E-state index is 0.0752. The van der Waals surface area contributed by atoms with Gasteiger partial charge in [0.25, 0.3) is 0 Å². The summed E-state index contributed by atoms with van der Waals surface area (Å²) < 4.78 is 1.62. The van der Waals surface area contributed by atoms with Gasteiger partial charge < -0.3 is 10.1 Å². The van der Waals surface area contributed by atoms with Gasteiger partial charge in [0, 0.05) is 24.5 Å². The van der Waals surface area contributed by atoms with Crippen molar-refractivity contribution in [3.63, 3.8) is 0 Å². The molecule has 3 heterocycles. The number of nitro groups is 1. The quantitative estimate of drug-likeness (QED) is 0.616. The lowest BCUT2D eigenvalue weighted by molar-refractivity contribution is -0.389. The Hall–Kier alpha value is -2.28. The zero-order chi connectivity index (χ0) is 18.0. The van der Waals surface area contributed by atoms with E-state index >= 15 is 0 Å². The molecule has 0 unspecified atom stereocenters. The first-order chi connectivity index (χ1) is 11.9. The van der Waals surface area contributed by atoms with Gasteiger partial charge in [-0.05, 0) is 68.2 Å². The van der Waals surface area contributed by atoms with Gasteiger partial charge in [-0.3, -0.25) is 9.88 Å². The lowest BCUT2D eigenvalue weighted by Gasteiger charge is -2.32. The van der Waals surface area contributed by atoms with Crippen molar-refractivity contribution in [1.29, 1.82) is 0 Å². The molecule has 1 aliphatic rings. The number of aromatic nitrogens is 3. The highest BCUT2D eigenvalue weighted by atomic mass is 16.6. The topological polar surface area (TPSA) is 77.1 Å². The van der Waals surface area contributed by atoms with E-state index in [2.05, 4.69) is 27.1 Å². The van der Waals surface area contributed by atoms with Crippen LogP contribution in [0.2, 0.25) is 0 Å². The highest BCUT2D eigenvalue weighted by molar-refractivity contribution is 5.22. The normalized spacial score (nSPS) is 18.4. The molecule has 1 atom stereocenters. The molecule has 1 aliphatic heterocycles. The molecule has 0 saturated carbocycles. The number of nitrogens with zero attached hydrogens (tertiary/aromatic N) is 5. The molecule has 2 aromatic rings. The Morgan fingerprint density at radius 1 is 1.28 bits per heavy atom. The predicted octanol–water partition coefficient (Wildman–Crippen LogP) is 2.79. The van der Waals surface area contributed by atoms with Crippen LogP contribution in [0.5, 0.6) is 0 Å². The SMILES string of the molecule is Cc1cc(C[C@H]2CCCN(Cc3cc([N+](=O)[O-])nn3C)C2)cc(C)n1. The smallest absolute Gasteiger partial charge is 0.358 e. The molecule has 1 saturated heterocycles. The van der Waals surface area contributed by atoms with E-state index in [4.69, 9.17) is 0 Å². The summed E-state index contributed by atoms with van der Waals surface area (Å²) in [5, 5.41) is 14.8. The molecule has 7 heteroatoms. The van der Waals surface area contributed by atoms with Gasteiger partial charge in [0.15, 0.2) is 0 Å². The van der Waals surface area contributed by atoms with Crippen molar-refractivity contribution >= 4 is 5.82 Å². The van der Waals surface area contributed by atoms with Crippen LogP contribution in [0.4, 0.5) is 5.82 Å². The molecule has 0 aliphatic carbocycles. The van der Waals surface area contributed by atoms with Gasteiger partial charge >= 0.3 is 5.82 Å². The number of hydrogen-bond acceptors (Lipinski definition) is 5. The van der Waals surface area contributed by atoms with Crippen LogP contribution in [-0.2, 0) is 20.0 Å². The van der Waals surface area contributed by atoms with E-state index in [0.29, 0.717) is 12.5 Å². The number of aryl methyl sites for hydroxylation is 3. The van der Waals surface area contributed by atoms with E-state index < -0.39 is 4.92 Å². The molecule has 0 radical (unpaired) electrons. The van der Waals surface area contributed by atoms with Gasteiger partial charge in [0.2, 0.25) is 0 Å². The van der Waals surface area contributed by atoms with E-state index in [0.717, 1.165) is 43.0 Å². The number of likely N-dealkylation sites (tertiary alicyclic amines) is 1. The molecular weight excluding hydrogens is 318 g/mol. The molecule has 1 fully saturated rings. The predicted molar refractivity (Wildman–Crippen MR) is 95.3 cm³/mol. The van der Waals surface area contributed by atoms with Crippen molar-refractivity contribution in [3.8, 4) is 0 Å². The summed E-state index contributed by atoms with van der Waals surface area (Å²) >= 11 is 0. The Labute approximate surface area is 147 Å². The van der Waals surface area contributed by atoms with E-state index in [-0.39, 0.29) is 5.82 Å². The van der Waals surface area contributed by atoms with Crippen LogP contribution in [0.15, 0.2) is 18.2 Å². The third kappa shape index (κ3) is 4.42. The average Bonchev–Trinajstić information content (AvgIpc) is 2.88. The molecular formula is C18H25N5O2. The zero-order valence-corrected chi connectivity index (χ0v) is 15.1. The minimum Gasteiger partial charge on any atom is -0.358 e. The summed E-state index contributed by atoms with van der Waals surface area (Å²) in [6, 6.07) is 5.94. The van der Waals surface area contributed by atoms with Gasteiger partial charge in [0.1, 0.15) is 0 Å². The molecule has 0 aromatic carbocycles. The first-order valence-corrected chi connectivity index (χ1v) is 8.74. The van der Waals surface area contributed by atoms with Gasteiger partial charge in [0.05, 0.1) is 23.9 Å². The van der Waals surface area contributed by atoms with Crippen molar-refractivity contribution in [2.75, 3.05) is 13.1 Å². The summed E-state index contributed by atoms with van der Waals surface area (Å²) in [5.74, 6) is 0.534. The summed E-state index contributed by atoms with van der Waals surface area (Å²) in [6.45, 7) is 6.84. The first kappa shape index (κ1) is 17.5. The number of rotatable bonds is 5. The van der Waals surface area contributed by atoms with Crippen LogP contribution >= 0.6 is 0 Å². The van der Waals surface area contributed by atoms with Crippen LogP contribution < -0.4 is 0 Å². The van der Waals surface area contributed by atoms with Crippen molar-refractivity contribution in [3.05, 3.63) is 51.0 Å². The van der Waals surface area contributed by atoms with E-state index in [1.54, 1.807) is 17.8 Å². The zero-order valence-electron chi connectivity index (χ0n) is 15.1. The van der Waals surface area contributed by atoms with E-state index in [1.807, 2.05) is 13.8 Å². The summed E-state index contributed by atoms with van der Waals surface area (Å²) in [4.78, 5) is 17.3. The molecule has 7 nitrogen and oxygen atoms in total. The lowest BCUT2D eigenvalue weighted by atomic mass is 9.91. The second-order valence-electron chi connectivity index (χ2n) is 7.08. The van der Waals surface area contributed by atoms with Gasteiger partial charge in [-0.25, -0.2) is 0 Å². The Morgan fingerprint density at radius 2 is 2.00 bits per heavy atom. The highest BCUT2D eigenvalue weighted by Gasteiger charge is 2.23. The summed E-state index contributed by atoms with van der Waals surface area (Å²) in [6.07, 6.45) is 3.45. The second kappa shape index (κ2) is 7.31. The third-order valence-corrected chi connectivity index (χ3v) is 4.81. The largest absolute Gasteiger partial charge is 0.390 e. The Bertz CT molecular complexity index is 751. The number of piperidine rings is 1. The van der Waals surface area contributed by atoms with Gasteiger partial charge in [-0.1, -0.05) is 0 Å². The van der Waals surface area contributed by atoms with Crippen molar-refractivity contribution in [2.24, 2.45) is 13.0 Å². The molecule has 0 spiro atoms. The summed E-state index contributed by atoms with van der Waals surface area (Å²) in [7, 11) is 1.77. The van der Waals surface area contributed by atoms with Crippen LogP contribution in [0.1, 0.15) is 35.5 Å². The first-order valence-electron chi connectivity index (χ1n) is 8.74. The fourth-order valence-electron chi connectivity index (χ4n) is 3.79. The maximum Gasteiger partial charge on any atom is 0.390 e. The molecule has 25 heavy (non-hydrogen) atoms. The van der Waals surface area contributed by atoms with Crippen LogP contribution in [0, 0.1) is 29.9 Å². The maximum atomic E-state index is 10.9. The molecule has 0 bridgehead atoms. The molecule has 134 valence electrons. The monoisotopic (exact) mass is 343 g/mol. The van der Waals surface area contributed by atoms with Crippen molar-refractivity contribution < 1.29 is 4.92 Å². The third-order valence-electron chi connectivity index (χ3n) is 4.81. The number of pyridine rings is 1. The van der Waals surface area contributed by atoms with Gasteiger partial charge in [-0.15, -0.1) is 0 Å². The average molecular weight is 343 g/mol. The fourth-order valence-corrected chi connectivity index (χ4v) is 3.79. The molecule has 3 rings (SSSR count). The van der Waals surface area contributed by atoms with Crippen molar-refractivity contribution in [1.82, 2.24) is 19.7 Å². The molecule has 0 N–H and O–H groups in total. The maximum absolute atomic E-state index is 10.9. The molecule has 0 amide bonds. The Kier molecular flexibility index (Phi) is 5.13. The van der Waals surface area contributed by atoms with Crippen LogP contribution in [0.25, 0.3) is 0 Å². The molecule has 2 aromatic heterocycles. The summed E-state index contributed by atoms with van der Waals surface area (Å²) in [5.41, 5.74) is 4.39. The van der Waals surface area contributed by atoms with Crippen LogP contribution in [-0.4, -0.2) is 37.7 Å². The second-order valence-corrected chi connectivity index (χ2v) is 7.08. The van der Waals surface area contributed by atoms with Crippen molar-refractivity contribution in [2.45, 2.75) is 39.7 Å². The minimum atomic E-state index is -0.434.